The zero-order chi connectivity index (χ0) is 18.4. The Morgan fingerprint density at radius 3 is 2.68 bits per heavy atom. The number of hydrogen-bond acceptors (Lipinski definition) is 4. The fourth-order valence-electron chi connectivity index (χ4n) is 2.72. The van der Waals surface area contributed by atoms with E-state index in [1.807, 2.05) is 42.1 Å². The first-order valence-corrected chi connectivity index (χ1v) is 9.31. The minimum atomic E-state index is -0.274. The molecule has 2 rings (SSSR count). The van der Waals surface area contributed by atoms with Gasteiger partial charge in [0.25, 0.3) is 0 Å². The molecule has 136 valence electrons. The van der Waals surface area contributed by atoms with Crippen LogP contribution in [-0.2, 0) is 16.1 Å². The van der Waals surface area contributed by atoms with Gasteiger partial charge in [0, 0.05) is 30.6 Å². The highest BCUT2D eigenvalue weighted by Gasteiger charge is 2.18. The lowest BCUT2D eigenvalue weighted by Crippen LogP contribution is -2.34. The number of carbonyl (C=O) groups excluding carboxylic acids is 2. The molecule has 0 spiro atoms. The maximum atomic E-state index is 12.3. The summed E-state index contributed by atoms with van der Waals surface area (Å²) in [4.78, 5) is 24.7. The summed E-state index contributed by atoms with van der Waals surface area (Å²) >= 11 is 1.54. The van der Waals surface area contributed by atoms with Crippen molar-refractivity contribution in [3.8, 4) is 0 Å². The molecule has 0 saturated carbocycles. The average Bonchev–Trinajstić information content (AvgIpc) is 3.14. The van der Waals surface area contributed by atoms with E-state index in [9.17, 15) is 9.59 Å². The zero-order valence-electron chi connectivity index (χ0n) is 15.2. The molecule has 25 heavy (non-hydrogen) atoms. The van der Waals surface area contributed by atoms with Gasteiger partial charge in [-0.25, -0.2) is 0 Å². The first kappa shape index (κ1) is 19.2. The molecule has 0 radical (unpaired) electrons. The van der Waals surface area contributed by atoms with E-state index in [-0.39, 0.29) is 30.2 Å². The standard InChI is InChI=1S/C18H26N4O2S/c1-12(11-22-14(3)8-13(2)21-22)10-19-18(24)9-16(20-15(4)23)17-6-5-7-25-17/h5-8,12,16H,9-11H2,1-4H3,(H,19,24)(H,20,23)/t12-,16+/m0/s1. The van der Waals surface area contributed by atoms with Gasteiger partial charge >= 0.3 is 0 Å². The molecule has 0 unspecified atom stereocenters. The summed E-state index contributed by atoms with van der Waals surface area (Å²) in [5.74, 6) is 0.0689. The number of rotatable bonds is 8. The van der Waals surface area contributed by atoms with Crippen LogP contribution >= 0.6 is 11.3 Å². The van der Waals surface area contributed by atoms with Gasteiger partial charge in [0.1, 0.15) is 0 Å². The van der Waals surface area contributed by atoms with Crippen LogP contribution in [0.5, 0.6) is 0 Å². The number of aryl methyl sites for hydroxylation is 2. The number of carbonyl (C=O) groups is 2. The van der Waals surface area contributed by atoms with Crippen molar-refractivity contribution in [2.24, 2.45) is 5.92 Å². The van der Waals surface area contributed by atoms with E-state index in [2.05, 4.69) is 22.7 Å². The molecule has 0 aliphatic carbocycles. The highest BCUT2D eigenvalue weighted by atomic mass is 32.1. The summed E-state index contributed by atoms with van der Waals surface area (Å²) in [6.07, 6.45) is 0.243. The third-order valence-corrected chi connectivity index (χ3v) is 4.88. The molecule has 2 aromatic rings. The van der Waals surface area contributed by atoms with Crippen molar-refractivity contribution in [3.63, 3.8) is 0 Å². The maximum absolute atomic E-state index is 12.3. The molecule has 2 amide bonds. The SMILES string of the molecule is CC(=O)N[C@H](CC(=O)NC[C@H](C)Cn1nc(C)cc1C)c1cccs1. The van der Waals surface area contributed by atoms with Crippen molar-refractivity contribution in [1.82, 2.24) is 20.4 Å². The Kier molecular flexibility index (Phi) is 6.75. The van der Waals surface area contributed by atoms with Crippen LogP contribution in [-0.4, -0.2) is 28.1 Å². The van der Waals surface area contributed by atoms with Crippen molar-refractivity contribution in [1.29, 1.82) is 0 Å². The molecule has 2 heterocycles. The van der Waals surface area contributed by atoms with E-state index in [0.29, 0.717) is 6.54 Å². The second-order valence-electron chi connectivity index (χ2n) is 6.49. The van der Waals surface area contributed by atoms with Gasteiger partial charge in [-0.2, -0.15) is 5.10 Å². The summed E-state index contributed by atoms with van der Waals surface area (Å²) in [6, 6.07) is 5.63. The highest BCUT2D eigenvalue weighted by Crippen LogP contribution is 2.22. The van der Waals surface area contributed by atoms with Crippen LogP contribution in [0.25, 0.3) is 0 Å². The predicted octanol–water partition coefficient (Wildman–Crippen LogP) is 2.58. The lowest BCUT2D eigenvalue weighted by molar-refractivity contribution is -0.122. The number of aromatic nitrogens is 2. The van der Waals surface area contributed by atoms with Gasteiger partial charge in [0.05, 0.1) is 18.2 Å². The van der Waals surface area contributed by atoms with E-state index in [1.165, 1.54) is 18.3 Å². The zero-order valence-corrected chi connectivity index (χ0v) is 16.0. The Balaban J connectivity index is 1.84. The van der Waals surface area contributed by atoms with E-state index < -0.39 is 0 Å². The number of thiophene rings is 1. The fourth-order valence-corrected chi connectivity index (χ4v) is 3.50. The van der Waals surface area contributed by atoms with Gasteiger partial charge in [0.2, 0.25) is 11.8 Å². The van der Waals surface area contributed by atoms with Crippen LogP contribution in [0.1, 0.15) is 42.6 Å². The van der Waals surface area contributed by atoms with Crippen molar-refractivity contribution in [2.75, 3.05) is 6.54 Å². The first-order chi connectivity index (χ1) is 11.8. The van der Waals surface area contributed by atoms with Gasteiger partial charge in [-0.1, -0.05) is 13.0 Å². The van der Waals surface area contributed by atoms with E-state index in [0.717, 1.165) is 22.8 Å². The molecule has 0 saturated heterocycles. The van der Waals surface area contributed by atoms with Crippen LogP contribution in [0.15, 0.2) is 23.6 Å². The monoisotopic (exact) mass is 362 g/mol. The van der Waals surface area contributed by atoms with Crippen LogP contribution in [0.2, 0.25) is 0 Å². The van der Waals surface area contributed by atoms with Gasteiger partial charge in [-0.15, -0.1) is 11.3 Å². The summed E-state index contributed by atoms with van der Waals surface area (Å²) in [5, 5.41) is 12.2. The van der Waals surface area contributed by atoms with Gasteiger partial charge in [-0.05, 0) is 37.3 Å². The van der Waals surface area contributed by atoms with Crippen molar-refractivity contribution in [2.45, 2.75) is 46.7 Å². The number of nitrogens with one attached hydrogen (secondary N) is 2. The van der Waals surface area contributed by atoms with E-state index >= 15 is 0 Å². The molecule has 2 atom stereocenters. The largest absolute Gasteiger partial charge is 0.356 e. The molecule has 0 bridgehead atoms. The molecule has 0 aliphatic heterocycles. The number of amides is 2. The molecule has 2 aromatic heterocycles. The lowest BCUT2D eigenvalue weighted by Gasteiger charge is -2.18. The third kappa shape index (κ3) is 6.01. The van der Waals surface area contributed by atoms with Crippen molar-refractivity contribution >= 4 is 23.2 Å². The van der Waals surface area contributed by atoms with Crippen LogP contribution in [0.4, 0.5) is 0 Å². The lowest BCUT2D eigenvalue weighted by atomic mass is 10.1. The summed E-state index contributed by atoms with van der Waals surface area (Å²) in [7, 11) is 0. The topological polar surface area (TPSA) is 76.0 Å². The average molecular weight is 362 g/mol. The Hall–Kier alpha value is -2.15. The van der Waals surface area contributed by atoms with E-state index in [1.54, 1.807) is 0 Å². The Labute approximate surface area is 152 Å². The maximum Gasteiger partial charge on any atom is 0.222 e. The molecule has 7 heteroatoms. The highest BCUT2D eigenvalue weighted by molar-refractivity contribution is 7.10. The normalized spacial score (nSPS) is 13.3. The van der Waals surface area contributed by atoms with Gasteiger partial charge in [0.15, 0.2) is 0 Å². The second-order valence-corrected chi connectivity index (χ2v) is 7.47. The van der Waals surface area contributed by atoms with Crippen molar-refractivity contribution < 1.29 is 9.59 Å². The molecular formula is C18H26N4O2S. The molecule has 6 nitrogen and oxygen atoms in total. The predicted molar refractivity (Wildman–Crippen MR) is 99.4 cm³/mol. The van der Waals surface area contributed by atoms with Gasteiger partial charge in [-0.3, -0.25) is 14.3 Å². The Morgan fingerprint density at radius 2 is 2.12 bits per heavy atom. The van der Waals surface area contributed by atoms with E-state index in [4.69, 9.17) is 0 Å². The minimum absolute atomic E-state index is 0.0626. The summed E-state index contributed by atoms with van der Waals surface area (Å²) in [5.41, 5.74) is 2.13. The van der Waals surface area contributed by atoms with Crippen molar-refractivity contribution in [3.05, 3.63) is 39.8 Å². The van der Waals surface area contributed by atoms with Crippen LogP contribution in [0.3, 0.4) is 0 Å². The Morgan fingerprint density at radius 1 is 1.36 bits per heavy atom. The quantitative estimate of drug-likeness (QED) is 0.758. The first-order valence-electron chi connectivity index (χ1n) is 8.43. The summed E-state index contributed by atoms with van der Waals surface area (Å²) in [6.45, 7) is 8.90. The second kappa shape index (κ2) is 8.80. The molecule has 0 fully saturated rings. The third-order valence-electron chi connectivity index (χ3n) is 3.89. The minimum Gasteiger partial charge on any atom is -0.356 e. The van der Waals surface area contributed by atoms with Crippen LogP contribution in [0, 0.1) is 19.8 Å². The molecule has 0 aliphatic rings. The number of nitrogens with zero attached hydrogens (tertiary/aromatic N) is 2. The summed E-state index contributed by atoms with van der Waals surface area (Å²) < 4.78 is 1.97. The fraction of sp³-hybridized carbons (Fsp3) is 0.500. The molecule has 0 aromatic carbocycles. The van der Waals surface area contributed by atoms with Crippen LogP contribution < -0.4 is 10.6 Å². The molecule has 2 N–H and O–H groups in total. The Bertz CT molecular complexity index is 709. The molecular weight excluding hydrogens is 336 g/mol. The number of hydrogen-bond donors (Lipinski definition) is 2. The smallest absolute Gasteiger partial charge is 0.222 e. The van der Waals surface area contributed by atoms with Gasteiger partial charge < -0.3 is 10.6 Å².